The van der Waals surface area contributed by atoms with Gasteiger partial charge in [0, 0.05) is 32.2 Å². The monoisotopic (exact) mass is 239 g/mol. The summed E-state index contributed by atoms with van der Waals surface area (Å²) in [5.74, 6) is 1.71. The minimum Gasteiger partial charge on any atom is -0.314 e. The second-order valence-corrected chi connectivity index (χ2v) is 6.26. The first-order valence-electron chi connectivity index (χ1n) is 7.30. The van der Waals surface area contributed by atoms with Crippen molar-refractivity contribution in [2.24, 2.45) is 11.8 Å². The summed E-state index contributed by atoms with van der Waals surface area (Å²) in [4.78, 5) is 5.21. The molecule has 1 unspecified atom stereocenters. The van der Waals surface area contributed by atoms with Crippen molar-refractivity contribution in [3.05, 3.63) is 0 Å². The van der Waals surface area contributed by atoms with Gasteiger partial charge in [-0.15, -0.1) is 0 Å². The first kappa shape index (κ1) is 13.3. The third-order valence-corrected chi connectivity index (χ3v) is 4.50. The maximum atomic E-state index is 3.54. The summed E-state index contributed by atoms with van der Waals surface area (Å²) < 4.78 is 0. The summed E-state index contributed by atoms with van der Waals surface area (Å²) in [7, 11) is 2.25. The second kappa shape index (κ2) is 6.17. The van der Waals surface area contributed by atoms with Gasteiger partial charge in [-0.05, 0) is 44.8 Å². The average Bonchev–Trinajstić information content (AvgIpc) is 2.32. The second-order valence-electron chi connectivity index (χ2n) is 6.26. The highest BCUT2D eigenvalue weighted by Gasteiger charge is 2.27. The van der Waals surface area contributed by atoms with Crippen molar-refractivity contribution >= 4 is 0 Å². The Morgan fingerprint density at radius 1 is 1.18 bits per heavy atom. The molecule has 2 fully saturated rings. The van der Waals surface area contributed by atoms with Crippen LogP contribution in [0.5, 0.6) is 0 Å². The van der Waals surface area contributed by atoms with E-state index in [-0.39, 0.29) is 0 Å². The first-order valence-corrected chi connectivity index (χ1v) is 7.30. The molecule has 0 aromatic carbocycles. The Morgan fingerprint density at radius 2 is 1.88 bits per heavy atom. The van der Waals surface area contributed by atoms with Crippen LogP contribution in [-0.4, -0.2) is 62.2 Å². The molecule has 2 aliphatic rings. The van der Waals surface area contributed by atoms with Crippen LogP contribution in [0, 0.1) is 11.8 Å². The van der Waals surface area contributed by atoms with Crippen LogP contribution in [0.1, 0.15) is 26.7 Å². The Balaban J connectivity index is 1.83. The molecule has 2 rings (SSSR count). The lowest BCUT2D eigenvalue weighted by Gasteiger charge is -2.41. The number of piperidine rings is 1. The van der Waals surface area contributed by atoms with E-state index in [9.17, 15) is 0 Å². The molecule has 17 heavy (non-hydrogen) atoms. The van der Waals surface area contributed by atoms with E-state index in [1.54, 1.807) is 0 Å². The molecular weight excluding hydrogens is 210 g/mol. The summed E-state index contributed by atoms with van der Waals surface area (Å²) >= 11 is 0. The van der Waals surface area contributed by atoms with Crippen molar-refractivity contribution < 1.29 is 0 Å². The summed E-state index contributed by atoms with van der Waals surface area (Å²) in [6, 6.07) is 0.753. The van der Waals surface area contributed by atoms with E-state index < -0.39 is 0 Å². The fourth-order valence-electron chi connectivity index (χ4n) is 3.23. The van der Waals surface area contributed by atoms with E-state index in [1.165, 1.54) is 52.1 Å². The smallest absolute Gasteiger partial charge is 0.0244 e. The molecular formula is C14H29N3. The van der Waals surface area contributed by atoms with Crippen LogP contribution in [0.2, 0.25) is 0 Å². The molecule has 0 saturated carbocycles. The van der Waals surface area contributed by atoms with Crippen molar-refractivity contribution in [2.75, 3.05) is 46.3 Å². The maximum Gasteiger partial charge on any atom is 0.0244 e. The summed E-state index contributed by atoms with van der Waals surface area (Å²) in [6.07, 6.45) is 2.79. The lowest BCUT2D eigenvalue weighted by molar-refractivity contribution is 0.0854. The Bertz CT molecular complexity index is 222. The molecule has 3 heteroatoms. The van der Waals surface area contributed by atoms with E-state index in [2.05, 4.69) is 36.0 Å². The molecule has 0 radical (unpaired) electrons. The highest BCUT2D eigenvalue weighted by Crippen LogP contribution is 2.21. The number of piperazine rings is 1. The standard InChI is InChI=1S/C14H29N3/c1-12(2)14-10-15-6-9-17(14)11-13-4-7-16(3)8-5-13/h12-15H,4-11H2,1-3H3. The molecule has 0 aromatic rings. The molecule has 0 aliphatic carbocycles. The van der Waals surface area contributed by atoms with Crippen LogP contribution in [-0.2, 0) is 0 Å². The van der Waals surface area contributed by atoms with E-state index in [0.717, 1.165) is 17.9 Å². The molecule has 1 N–H and O–H groups in total. The van der Waals surface area contributed by atoms with Crippen LogP contribution >= 0.6 is 0 Å². The number of nitrogens with one attached hydrogen (secondary N) is 1. The van der Waals surface area contributed by atoms with Gasteiger partial charge in [-0.1, -0.05) is 13.8 Å². The highest BCUT2D eigenvalue weighted by molar-refractivity contribution is 4.84. The van der Waals surface area contributed by atoms with Gasteiger partial charge >= 0.3 is 0 Å². The molecule has 0 aromatic heterocycles. The molecule has 2 aliphatic heterocycles. The Labute approximate surface area is 107 Å². The normalized spacial score (nSPS) is 30.0. The van der Waals surface area contributed by atoms with Crippen LogP contribution in [0.15, 0.2) is 0 Å². The quantitative estimate of drug-likeness (QED) is 0.800. The summed E-state index contributed by atoms with van der Waals surface area (Å²) in [6.45, 7) is 12.2. The zero-order valence-corrected chi connectivity index (χ0v) is 11.8. The molecule has 0 amide bonds. The van der Waals surface area contributed by atoms with Crippen molar-refractivity contribution in [2.45, 2.75) is 32.7 Å². The number of rotatable bonds is 3. The van der Waals surface area contributed by atoms with Crippen LogP contribution in [0.25, 0.3) is 0 Å². The van der Waals surface area contributed by atoms with Gasteiger partial charge in [0.25, 0.3) is 0 Å². The van der Waals surface area contributed by atoms with Crippen molar-refractivity contribution in [3.63, 3.8) is 0 Å². The number of hydrogen-bond acceptors (Lipinski definition) is 3. The van der Waals surface area contributed by atoms with E-state index in [1.807, 2.05) is 0 Å². The minimum absolute atomic E-state index is 0.753. The van der Waals surface area contributed by atoms with Gasteiger partial charge in [-0.2, -0.15) is 0 Å². The van der Waals surface area contributed by atoms with Crippen LogP contribution in [0.3, 0.4) is 0 Å². The Hall–Kier alpha value is -0.120. The van der Waals surface area contributed by atoms with Gasteiger partial charge in [0.1, 0.15) is 0 Å². The van der Waals surface area contributed by atoms with Gasteiger partial charge in [-0.3, -0.25) is 4.90 Å². The van der Waals surface area contributed by atoms with Crippen LogP contribution < -0.4 is 5.32 Å². The molecule has 2 heterocycles. The van der Waals surface area contributed by atoms with Gasteiger partial charge in [0.15, 0.2) is 0 Å². The minimum atomic E-state index is 0.753. The summed E-state index contributed by atoms with van der Waals surface area (Å²) in [5, 5.41) is 3.54. The van der Waals surface area contributed by atoms with Gasteiger partial charge in [0.2, 0.25) is 0 Å². The predicted octanol–water partition coefficient (Wildman–Crippen LogP) is 1.26. The Morgan fingerprint density at radius 3 is 2.53 bits per heavy atom. The zero-order chi connectivity index (χ0) is 12.3. The molecule has 1 atom stereocenters. The molecule has 2 saturated heterocycles. The summed E-state index contributed by atoms with van der Waals surface area (Å²) in [5.41, 5.74) is 0. The van der Waals surface area contributed by atoms with E-state index >= 15 is 0 Å². The molecule has 100 valence electrons. The van der Waals surface area contributed by atoms with Gasteiger partial charge in [0.05, 0.1) is 0 Å². The third kappa shape index (κ3) is 3.67. The topological polar surface area (TPSA) is 18.5 Å². The first-order chi connectivity index (χ1) is 8.16. The van der Waals surface area contributed by atoms with E-state index in [0.29, 0.717) is 0 Å². The van der Waals surface area contributed by atoms with Gasteiger partial charge < -0.3 is 10.2 Å². The lowest BCUT2D eigenvalue weighted by Crippen LogP contribution is -2.55. The average molecular weight is 239 g/mol. The molecule has 3 nitrogen and oxygen atoms in total. The van der Waals surface area contributed by atoms with Crippen molar-refractivity contribution in [1.82, 2.24) is 15.1 Å². The predicted molar refractivity (Wildman–Crippen MR) is 73.3 cm³/mol. The van der Waals surface area contributed by atoms with Crippen molar-refractivity contribution in [3.8, 4) is 0 Å². The fourth-order valence-corrected chi connectivity index (χ4v) is 3.23. The third-order valence-electron chi connectivity index (χ3n) is 4.50. The van der Waals surface area contributed by atoms with Gasteiger partial charge in [-0.25, -0.2) is 0 Å². The lowest BCUT2D eigenvalue weighted by atomic mass is 9.93. The number of nitrogens with zero attached hydrogens (tertiary/aromatic N) is 2. The zero-order valence-electron chi connectivity index (χ0n) is 11.8. The maximum absolute atomic E-state index is 3.54. The van der Waals surface area contributed by atoms with Crippen LogP contribution in [0.4, 0.5) is 0 Å². The Kier molecular flexibility index (Phi) is 4.83. The van der Waals surface area contributed by atoms with Crippen molar-refractivity contribution in [1.29, 1.82) is 0 Å². The SMILES string of the molecule is CC(C)C1CNCCN1CC1CCN(C)CC1. The number of hydrogen-bond donors (Lipinski definition) is 1. The van der Waals surface area contributed by atoms with E-state index in [4.69, 9.17) is 0 Å². The molecule has 0 spiro atoms. The number of likely N-dealkylation sites (tertiary alicyclic amines) is 1. The fraction of sp³-hybridized carbons (Fsp3) is 1.00. The largest absolute Gasteiger partial charge is 0.314 e. The highest BCUT2D eigenvalue weighted by atomic mass is 15.2. The molecule has 0 bridgehead atoms.